The SMILES string of the molecule is CCN(CC(=O)Nc1ccccc1F)c1ccc(C)cc1C. The highest BCUT2D eigenvalue weighted by Crippen LogP contribution is 2.21. The van der Waals surface area contributed by atoms with Crippen LogP contribution in [-0.2, 0) is 4.79 Å². The molecule has 22 heavy (non-hydrogen) atoms. The Morgan fingerprint density at radius 1 is 1.18 bits per heavy atom. The van der Waals surface area contributed by atoms with Crippen molar-refractivity contribution in [2.75, 3.05) is 23.3 Å². The summed E-state index contributed by atoms with van der Waals surface area (Å²) in [5, 5.41) is 2.62. The predicted molar refractivity (Wildman–Crippen MR) is 88.8 cm³/mol. The molecule has 0 heterocycles. The molecule has 0 atom stereocenters. The Hall–Kier alpha value is -2.36. The van der Waals surface area contributed by atoms with Crippen LogP contribution in [0.1, 0.15) is 18.1 Å². The van der Waals surface area contributed by atoms with E-state index in [0.717, 1.165) is 11.3 Å². The van der Waals surface area contributed by atoms with Crippen molar-refractivity contribution in [1.29, 1.82) is 0 Å². The minimum atomic E-state index is -0.426. The van der Waals surface area contributed by atoms with E-state index in [0.29, 0.717) is 6.54 Å². The number of halogens is 1. The number of aryl methyl sites for hydroxylation is 2. The van der Waals surface area contributed by atoms with Crippen molar-refractivity contribution in [3.63, 3.8) is 0 Å². The smallest absolute Gasteiger partial charge is 0.243 e. The van der Waals surface area contributed by atoms with Crippen LogP contribution in [0.25, 0.3) is 0 Å². The van der Waals surface area contributed by atoms with Gasteiger partial charge in [0.1, 0.15) is 5.82 Å². The van der Waals surface area contributed by atoms with E-state index in [2.05, 4.69) is 11.4 Å². The first-order chi connectivity index (χ1) is 10.5. The minimum Gasteiger partial charge on any atom is -0.362 e. The number of para-hydroxylation sites is 1. The fourth-order valence-corrected chi connectivity index (χ4v) is 2.45. The first kappa shape index (κ1) is 16.0. The molecule has 2 aromatic rings. The number of hydrogen-bond donors (Lipinski definition) is 1. The first-order valence-electron chi connectivity index (χ1n) is 7.38. The fourth-order valence-electron chi connectivity index (χ4n) is 2.45. The van der Waals surface area contributed by atoms with Crippen LogP contribution in [0, 0.1) is 19.7 Å². The quantitative estimate of drug-likeness (QED) is 0.908. The molecule has 0 radical (unpaired) electrons. The number of carbonyl (C=O) groups excluding carboxylic acids is 1. The molecule has 0 bridgehead atoms. The van der Waals surface area contributed by atoms with Gasteiger partial charge in [0.2, 0.25) is 5.91 Å². The summed E-state index contributed by atoms with van der Waals surface area (Å²) in [5.41, 5.74) is 3.55. The molecule has 0 aliphatic heterocycles. The van der Waals surface area contributed by atoms with Crippen LogP contribution < -0.4 is 10.2 Å². The average molecular weight is 300 g/mol. The summed E-state index contributed by atoms with van der Waals surface area (Å²) in [6, 6.07) is 12.3. The molecule has 3 nitrogen and oxygen atoms in total. The predicted octanol–water partition coefficient (Wildman–Crippen LogP) is 3.91. The average Bonchev–Trinajstić information content (AvgIpc) is 2.48. The van der Waals surface area contributed by atoms with Crippen LogP contribution in [-0.4, -0.2) is 19.0 Å². The van der Waals surface area contributed by atoms with Crippen molar-refractivity contribution in [3.8, 4) is 0 Å². The zero-order chi connectivity index (χ0) is 16.1. The largest absolute Gasteiger partial charge is 0.362 e. The van der Waals surface area contributed by atoms with Crippen LogP contribution in [0.3, 0.4) is 0 Å². The Bertz CT molecular complexity index is 670. The van der Waals surface area contributed by atoms with Gasteiger partial charge >= 0.3 is 0 Å². The van der Waals surface area contributed by atoms with E-state index in [1.165, 1.54) is 11.6 Å². The monoisotopic (exact) mass is 300 g/mol. The molecule has 2 aromatic carbocycles. The van der Waals surface area contributed by atoms with Gasteiger partial charge in [-0.15, -0.1) is 0 Å². The lowest BCUT2D eigenvalue weighted by Crippen LogP contribution is -2.33. The maximum absolute atomic E-state index is 13.6. The van der Waals surface area contributed by atoms with Gasteiger partial charge in [0.05, 0.1) is 12.2 Å². The third-order valence-electron chi connectivity index (χ3n) is 3.56. The number of carbonyl (C=O) groups is 1. The molecule has 0 saturated carbocycles. The number of hydrogen-bond acceptors (Lipinski definition) is 2. The van der Waals surface area contributed by atoms with Gasteiger partial charge in [-0.3, -0.25) is 4.79 Å². The van der Waals surface area contributed by atoms with Crippen molar-refractivity contribution in [1.82, 2.24) is 0 Å². The number of nitrogens with one attached hydrogen (secondary N) is 1. The van der Waals surface area contributed by atoms with Gasteiger partial charge in [-0.1, -0.05) is 29.8 Å². The molecular weight excluding hydrogens is 279 g/mol. The van der Waals surface area contributed by atoms with Crippen molar-refractivity contribution >= 4 is 17.3 Å². The van der Waals surface area contributed by atoms with E-state index < -0.39 is 5.82 Å². The van der Waals surface area contributed by atoms with Crippen molar-refractivity contribution in [3.05, 3.63) is 59.4 Å². The van der Waals surface area contributed by atoms with Gasteiger partial charge in [-0.25, -0.2) is 4.39 Å². The summed E-state index contributed by atoms with van der Waals surface area (Å²) in [4.78, 5) is 14.1. The third-order valence-corrected chi connectivity index (χ3v) is 3.56. The van der Waals surface area contributed by atoms with Crippen LogP contribution in [0.2, 0.25) is 0 Å². The molecule has 0 aromatic heterocycles. The molecule has 0 spiro atoms. The third kappa shape index (κ3) is 3.85. The van der Waals surface area contributed by atoms with Crippen LogP contribution >= 0.6 is 0 Å². The molecular formula is C18H21FN2O. The standard InChI is InChI=1S/C18H21FN2O/c1-4-21(17-10-9-13(2)11-14(17)3)12-18(22)20-16-8-6-5-7-15(16)19/h5-11H,4,12H2,1-3H3,(H,20,22). The van der Waals surface area contributed by atoms with E-state index in [1.54, 1.807) is 18.2 Å². The Balaban J connectivity index is 2.10. The Kier molecular flexibility index (Phi) is 5.15. The Morgan fingerprint density at radius 2 is 1.91 bits per heavy atom. The van der Waals surface area contributed by atoms with Crippen molar-refractivity contribution < 1.29 is 9.18 Å². The van der Waals surface area contributed by atoms with Crippen molar-refractivity contribution in [2.24, 2.45) is 0 Å². The number of rotatable bonds is 5. The molecule has 0 unspecified atom stereocenters. The maximum Gasteiger partial charge on any atom is 0.243 e. The lowest BCUT2D eigenvalue weighted by Gasteiger charge is -2.24. The lowest BCUT2D eigenvalue weighted by molar-refractivity contribution is -0.115. The van der Waals surface area contributed by atoms with E-state index in [1.807, 2.05) is 37.8 Å². The molecule has 1 amide bonds. The Morgan fingerprint density at radius 3 is 2.55 bits per heavy atom. The highest BCUT2D eigenvalue weighted by Gasteiger charge is 2.13. The number of nitrogens with zero attached hydrogens (tertiary/aromatic N) is 1. The number of amides is 1. The summed E-state index contributed by atoms with van der Waals surface area (Å²) in [6.07, 6.45) is 0. The van der Waals surface area contributed by atoms with Crippen LogP contribution in [0.15, 0.2) is 42.5 Å². The molecule has 0 aliphatic carbocycles. The van der Waals surface area contributed by atoms with Crippen LogP contribution in [0.5, 0.6) is 0 Å². The zero-order valence-electron chi connectivity index (χ0n) is 13.2. The fraction of sp³-hybridized carbons (Fsp3) is 0.278. The van der Waals surface area contributed by atoms with E-state index in [-0.39, 0.29) is 18.1 Å². The van der Waals surface area contributed by atoms with E-state index >= 15 is 0 Å². The van der Waals surface area contributed by atoms with Gasteiger partial charge in [-0.2, -0.15) is 0 Å². The van der Waals surface area contributed by atoms with Crippen LogP contribution in [0.4, 0.5) is 15.8 Å². The normalized spacial score (nSPS) is 10.4. The molecule has 116 valence electrons. The van der Waals surface area contributed by atoms with Gasteiger partial charge in [-0.05, 0) is 44.5 Å². The minimum absolute atomic E-state index is 0.189. The maximum atomic E-state index is 13.6. The number of likely N-dealkylation sites (N-methyl/N-ethyl adjacent to an activating group) is 1. The summed E-state index contributed by atoms with van der Waals surface area (Å²) < 4.78 is 13.6. The van der Waals surface area contributed by atoms with Gasteiger partial charge in [0.25, 0.3) is 0 Å². The Labute approximate surface area is 130 Å². The second-order valence-electron chi connectivity index (χ2n) is 5.33. The molecule has 0 saturated heterocycles. The van der Waals surface area contributed by atoms with Crippen molar-refractivity contribution in [2.45, 2.75) is 20.8 Å². The molecule has 0 fully saturated rings. The van der Waals surface area contributed by atoms with Gasteiger partial charge in [0, 0.05) is 12.2 Å². The molecule has 4 heteroatoms. The molecule has 0 aliphatic rings. The van der Waals surface area contributed by atoms with Gasteiger partial charge < -0.3 is 10.2 Å². The summed E-state index contributed by atoms with van der Waals surface area (Å²) in [7, 11) is 0. The summed E-state index contributed by atoms with van der Waals surface area (Å²) in [5.74, 6) is -0.655. The highest BCUT2D eigenvalue weighted by molar-refractivity contribution is 5.94. The number of benzene rings is 2. The summed E-state index contributed by atoms with van der Waals surface area (Å²) in [6.45, 7) is 6.96. The summed E-state index contributed by atoms with van der Waals surface area (Å²) >= 11 is 0. The van der Waals surface area contributed by atoms with E-state index in [4.69, 9.17) is 0 Å². The highest BCUT2D eigenvalue weighted by atomic mass is 19.1. The first-order valence-corrected chi connectivity index (χ1v) is 7.38. The lowest BCUT2D eigenvalue weighted by atomic mass is 10.1. The second kappa shape index (κ2) is 7.07. The topological polar surface area (TPSA) is 32.3 Å². The van der Waals surface area contributed by atoms with E-state index in [9.17, 15) is 9.18 Å². The zero-order valence-corrected chi connectivity index (χ0v) is 13.2. The molecule has 1 N–H and O–H groups in total. The number of anilines is 2. The second-order valence-corrected chi connectivity index (χ2v) is 5.33. The van der Waals surface area contributed by atoms with Gasteiger partial charge in [0.15, 0.2) is 0 Å². The molecule has 2 rings (SSSR count).